The number of β-amino-alcohol motifs (C(OH)–C–C–N with tert-alkyl or cyclic N) is 1. The van der Waals surface area contributed by atoms with Crippen LogP contribution in [0.25, 0.3) is 0 Å². The van der Waals surface area contributed by atoms with Crippen molar-refractivity contribution in [2.45, 2.75) is 50.5 Å². The highest BCUT2D eigenvalue weighted by atomic mass is 16.6. The maximum atomic E-state index is 13.6. The maximum absolute atomic E-state index is 13.6. The van der Waals surface area contributed by atoms with E-state index < -0.39 is 35.6 Å². The number of carbonyl (C=O) groups is 3. The number of nitrogens with zero attached hydrogens (tertiary/aromatic N) is 2. The highest BCUT2D eigenvalue weighted by Gasteiger charge is 2.75. The van der Waals surface area contributed by atoms with Gasteiger partial charge in [0.15, 0.2) is 0 Å². The molecule has 29 heavy (non-hydrogen) atoms. The summed E-state index contributed by atoms with van der Waals surface area (Å²) < 4.78 is 11.5. The molecule has 3 aliphatic heterocycles. The highest BCUT2D eigenvalue weighted by Crippen LogP contribution is 2.58. The van der Waals surface area contributed by atoms with E-state index in [1.165, 1.54) is 11.0 Å². The van der Waals surface area contributed by atoms with E-state index >= 15 is 0 Å². The molecular formula is C21H30N2O6. The van der Waals surface area contributed by atoms with Gasteiger partial charge in [0, 0.05) is 19.1 Å². The zero-order chi connectivity index (χ0) is 21.3. The van der Waals surface area contributed by atoms with E-state index in [1.54, 1.807) is 11.0 Å². The number of esters is 1. The molecule has 3 aliphatic rings. The Morgan fingerprint density at radius 3 is 2.72 bits per heavy atom. The summed E-state index contributed by atoms with van der Waals surface area (Å²) in [5, 5.41) is 9.54. The fraction of sp³-hybridized carbons (Fsp3) is 0.667. The number of likely N-dealkylation sites (tertiary alicyclic amines) is 1. The van der Waals surface area contributed by atoms with Crippen LogP contribution in [-0.4, -0.2) is 82.8 Å². The molecule has 3 rings (SSSR count). The average molecular weight is 406 g/mol. The second-order valence-electron chi connectivity index (χ2n) is 8.10. The van der Waals surface area contributed by atoms with E-state index in [2.05, 4.69) is 13.2 Å². The lowest BCUT2D eigenvalue weighted by molar-refractivity contribution is -0.154. The van der Waals surface area contributed by atoms with Crippen molar-refractivity contribution in [3.05, 3.63) is 25.3 Å². The molecule has 3 heterocycles. The van der Waals surface area contributed by atoms with Crippen LogP contribution in [0.4, 0.5) is 0 Å². The third kappa shape index (κ3) is 3.28. The number of rotatable bonds is 9. The number of aliphatic hydroxyl groups excluding tert-OH is 1. The summed E-state index contributed by atoms with van der Waals surface area (Å²) in [6, 6.07) is -0.981. The van der Waals surface area contributed by atoms with Crippen LogP contribution in [-0.2, 0) is 23.9 Å². The quantitative estimate of drug-likeness (QED) is 0.443. The fourth-order valence-electron chi connectivity index (χ4n) is 5.14. The van der Waals surface area contributed by atoms with E-state index in [0.29, 0.717) is 19.4 Å². The van der Waals surface area contributed by atoms with Gasteiger partial charge in [0.2, 0.25) is 11.8 Å². The van der Waals surface area contributed by atoms with Gasteiger partial charge in [-0.3, -0.25) is 14.4 Å². The van der Waals surface area contributed by atoms with Crippen molar-refractivity contribution in [1.29, 1.82) is 0 Å². The molecule has 0 aromatic carbocycles. The second kappa shape index (κ2) is 8.28. The van der Waals surface area contributed by atoms with Crippen LogP contribution in [0.1, 0.15) is 26.7 Å². The van der Waals surface area contributed by atoms with Crippen LogP contribution in [0.2, 0.25) is 0 Å². The van der Waals surface area contributed by atoms with Crippen molar-refractivity contribution < 1.29 is 29.0 Å². The first-order valence-electron chi connectivity index (χ1n) is 10.1. The SMILES string of the molecule is C=CCOC(=O)[C@@H]1[C@H]2C(=O)N(CCO)C(C(=O)N(CC=C)C(C)C)C23CC[C@H]1O3. The van der Waals surface area contributed by atoms with Gasteiger partial charge in [0.1, 0.15) is 18.2 Å². The van der Waals surface area contributed by atoms with Crippen LogP contribution in [0.3, 0.4) is 0 Å². The number of hydrogen-bond acceptors (Lipinski definition) is 6. The van der Waals surface area contributed by atoms with Gasteiger partial charge < -0.3 is 24.4 Å². The van der Waals surface area contributed by atoms with Gasteiger partial charge >= 0.3 is 5.97 Å². The molecule has 2 amide bonds. The average Bonchev–Trinajstić information content (AvgIpc) is 3.32. The van der Waals surface area contributed by atoms with Crippen LogP contribution >= 0.6 is 0 Å². The zero-order valence-electron chi connectivity index (χ0n) is 17.1. The molecule has 0 radical (unpaired) electrons. The smallest absolute Gasteiger partial charge is 0.312 e. The van der Waals surface area contributed by atoms with Gasteiger partial charge in [-0.05, 0) is 26.7 Å². The standard InChI is InChI=1S/C21H30N2O6/c1-5-9-22(13(3)4)19(26)17-21-8-7-14(29-21)15(20(27)28-12-6-2)16(21)18(25)23(17)10-11-24/h5-6,13-17,24H,1-2,7-12H2,3-4H3/t14-,15+,16+,17?,21?/m1/s1. The summed E-state index contributed by atoms with van der Waals surface area (Å²) in [6.45, 7) is 11.2. The van der Waals surface area contributed by atoms with E-state index in [9.17, 15) is 19.5 Å². The number of amides is 2. The lowest BCUT2D eigenvalue weighted by Gasteiger charge is -2.38. The Kier molecular flexibility index (Phi) is 6.14. The Bertz CT molecular complexity index is 707. The van der Waals surface area contributed by atoms with Crippen molar-refractivity contribution in [3.63, 3.8) is 0 Å². The van der Waals surface area contributed by atoms with Gasteiger partial charge in [0.25, 0.3) is 0 Å². The van der Waals surface area contributed by atoms with Crippen molar-refractivity contribution >= 4 is 17.8 Å². The van der Waals surface area contributed by atoms with Crippen LogP contribution in [0, 0.1) is 11.8 Å². The molecule has 5 atom stereocenters. The fourth-order valence-corrected chi connectivity index (χ4v) is 5.14. The molecule has 3 fully saturated rings. The molecule has 0 aromatic heterocycles. The molecule has 8 nitrogen and oxygen atoms in total. The van der Waals surface area contributed by atoms with Gasteiger partial charge in [0.05, 0.1) is 24.5 Å². The minimum Gasteiger partial charge on any atom is -0.461 e. The molecule has 0 aromatic rings. The van der Waals surface area contributed by atoms with E-state index in [0.717, 1.165) is 0 Å². The van der Waals surface area contributed by atoms with Gasteiger partial charge in [-0.1, -0.05) is 18.7 Å². The maximum Gasteiger partial charge on any atom is 0.312 e. The molecule has 160 valence electrons. The molecule has 0 saturated carbocycles. The molecule has 8 heteroatoms. The summed E-state index contributed by atoms with van der Waals surface area (Å²) in [5.74, 6) is -2.61. The van der Waals surface area contributed by atoms with Crippen molar-refractivity contribution in [2.75, 3.05) is 26.3 Å². The number of carbonyl (C=O) groups excluding carboxylic acids is 3. The number of fused-ring (bicyclic) bond motifs is 1. The van der Waals surface area contributed by atoms with Gasteiger partial charge in [-0.2, -0.15) is 0 Å². The van der Waals surface area contributed by atoms with Crippen molar-refractivity contribution in [2.24, 2.45) is 11.8 Å². The summed E-state index contributed by atoms with van der Waals surface area (Å²) >= 11 is 0. The monoisotopic (exact) mass is 406 g/mol. The third-order valence-electron chi connectivity index (χ3n) is 6.22. The molecule has 2 bridgehead atoms. The zero-order valence-corrected chi connectivity index (χ0v) is 17.1. The second-order valence-corrected chi connectivity index (χ2v) is 8.10. The minimum atomic E-state index is -1.07. The Morgan fingerprint density at radius 1 is 1.41 bits per heavy atom. The largest absolute Gasteiger partial charge is 0.461 e. The summed E-state index contributed by atoms with van der Waals surface area (Å²) in [5.41, 5.74) is -1.07. The van der Waals surface area contributed by atoms with E-state index in [4.69, 9.17) is 9.47 Å². The molecule has 2 unspecified atom stereocenters. The Hall–Kier alpha value is -2.19. The first-order valence-corrected chi connectivity index (χ1v) is 10.1. The topological polar surface area (TPSA) is 96.4 Å². The number of hydrogen-bond donors (Lipinski definition) is 1. The highest BCUT2D eigenvalue weighted by molar-refractivity contribution is 5.98. The first kappa shape index (κ1) is 21.5. The van der Waals surface area contributed by atoms with Crippen LogP contribution < -0.4 is 0 Å². The predicted octanol–water partition coefficient (Wildman–Crippen LogP) is 0.506. The van der Waals surface area contributed by atoms with Crippen LogP contribution in [0.5, 0.6) is 0 Å². The van der Waals surface area contributed by atoms with E-state index in [-0.39, 0.29) is 37.6 Å². The van der Waals surface area contributed by atoms with Crippen molar-refractivity contribution in [1.82, 2.24) is 9.80 Å². The van der Waals surface area contributed by atoms with Gasteiger partial charge in [-0.15, -0.1) is 6.58 Å². The molecular weight excluding hydrogens is 376 g/mol. The molecule has 1 spiro atoms. The predicted molar refractivity (Wildman–Crippen MR) is 105 cm³/mol. The van der Waals surface area contributed by atoms with Crippen molar-refractivity contribution in [3.8, 4) is 0 Å². The van der Waals surface area contributed by atoms with Gasteiger partial charge in [-0.25, -0.2) is 0 Å². The number of ether oxygens (including phenoxy) is 2. The normalized spacial score (nSPS) is 32.4. The summed E-state index contributed by atoms with van der Waals surface area (Å²) in [4.78, 5) is 42.6. The Balaban J connectivity index is 2.00. The lowest BCUT2D eigenvalue weighted by atomic mass is 9.70. The molecule has 3 saturated heterocycles. The van der Waals surface area contributed by atoms with Crippen LogP contribution in [0.15, 0.2) is 25.3 Å². The molecule has 1 N–H and O–H groups in total. The number of aliphatic hydroxyl groups is 1. The third-order valence-corrected chi connectivity index (χ3v) is 6.22. The molecule has 0 aliphatic carbocycles. The Labute approximate surface area is 171 Å². The van der Waals surface area contributed by atoms with E-state index in [1.807, 2.05) is 13.8 Å². The summed E-state index contributed by atoms with van der Waals surface area (Å²) in [6.07, 6.45) is 3.76. The summed E-state index contributed by atoms with van der Waals surface area (Å²) in [7, 11) is 0. The lowest BCUT2D eigenvalue weighted by Crippen LogP contribution is -2.57. The Morgan fingerprint density at radius 2 is 2.14 bits per heavy atom. The first-order chi connectivity index (χ1) is 13.8. The minimum absolute atomic E-state index is 0.00989.